The number of methoxy groups -OCH3 is 1. The number of fused-ring (bicyclic) bond motifs is 1. The third-order valence-electron chi connectivity index (χ3n) is 5.61. The van der Waals surface area contributed by atoms with Crippen LogP contribution in [-0.4, -0.2) is 91.4 Å². The van der Waals surface area contributed by atoms with Crippen LogP contribution in [0, 0.1) is 0 Å². The van der Waals surface area contributed by atoms with Crippen molar-refractivity contribution in [1.29, 1.82) is 0 Å². The molecule has 0 aliphatic carbocycles. The second-order valence-corrected chi connectivity index (χ2v) is 9.79. The summed E-state index contributed by atoms with van der Waals surface area (Å²) in [6, 6.07) is 6.91. The van der Waals surface area contributed by atoms with Crippen molar-refractivity contribution in [2.24, 2.45) is 0 Å². The van der Waals surface area contributed by atoms with Crippen LogP contribution < -0.4 is 10.1 Å². The maximum Gasteiger partial charge on any atom is 0.315 e. The highest BCUT2D eigenvalue weighted by atomic mass is 32.2. The zero-order valence-electron chi connectivity index (χ0n) is 17.7. The summed E-state index contributed by atoms with van der Waals surface area (Å²) in [5.74, 6) is -1.18. The Morgan fingerprint density at radius 3 is 2.44 bits per heavy atom. The number of aliphatic hydroxyl groups excluding tert-OH is 1. The fraction of sp³-hybridized carbons (Fsp3) is 0.450. The molecule has 11 nitrogen and oxygen atoms in total. The summed E-state index contributed by atoms with van der Waals surface area (Å²) >= 11 is 0. The average molecular weight is 464 g/mol. The molecule has 1 saturated heterocycles. The highest BCUT2D eigenvalue weighted by Gasteiger charge is 2.35. The van der Waals surface area contributed by atoms with Gasteiger partial charge in [0.05, 0.1) is 36.6 Å². The van der Waals surface area contributed by atoms with E-state index in [0.29, 0.717) is 55.4 Å². The van der Waals surface area contributed by atoms with E-state index >= 15 is 0 Å². The summed E-state index contributed by atoms with van der Waals surface area (Å²) in [6.07, 6.45) is 0. The van der Waals surface area contributed by atoms with E-state index in [9.17, 15) is 18.0 Å². The number of aromatic nitrogens is 2. The van der Waals surface area contributed by atoms with Gasteiger partial charge in [0.15, 0.2) is 9.84 Å². The number of hydrogen-bond donors (Lipinski definition) is 2. The molecule has 12 heteroatoms. The van der Waals surface area contributed by atoms with E-state index in [2.05, 4.69) is 10.4 Å². The number of aliphatic hydroxyl groups is 1. The molecule has 2 N–H and O–H groups in total. The Bertz CT molecular complexity index is 1120. The zero-order chi connectivity index (χ0) is 22.9. The molecular weight excluding hydrogens is 438 g/mol. The largest absolute Gasteiger partial charge is 0.497 e. The highest BCUT2D eigenvalue weighted by molar-refractivity contribution is 7.90. The van der Waals surface area contributed by atoms with E-state index in [4.69, 9.17) is 9.84 Å². The van der Waals surface area contributed by atoms with Crippen LogP contribution in [-0.2, 0) is 30.9 Å². The van der Waals surface area contributed by atoms with Crippen molar-refractivity contribution in [2.45, 2.75) is 11.5 Å². The number of benzene rings is 1. The molecule has 172 valence electrons. The Morgan fingerprint density at radius 1 is 1.12 bits per heavy atom. The van der Waals surface area contributed by atoms with Crippen LogP contribution in [0.2, 0.25) is 0 Å². The minimum Gasteiger partial charge on any atom is -0.497 e. The number of anilines is 1. The van der Waals surface area contributed by atoms with Gasteiger partial charge in [-0.2, -0.15) is 5.10 Å². The summed E-state index contributed by atoms with van der Waals surface area (Å²) in [5, 5.41) is 16.0. The topological polar surface area (TPSA) is 134 Å². The van der Waals surface area contributed by atoms with Crippen molar-refractivity contribution >= 4 is 27.5 Å². The van der Waals surface area contributed by atoms with Gasteiger partial charge in [-0.3, -0.25) is 14.5 Å². The molecule has 2 aliphatic heterocycles. The van der Waals surface area contributed by atoms with Gasteiger partial charge in [0.2, 0.25) is 0 Å². The maximum absolute atomic E-state index is 12.8. The number of carbonyl (C=O) groups is 2. The molecule has 2 amide bonds. The van der Waals surface area contributed by atoms with Gasteiger partial charge in [0, 0.05) is 38.3 Å². The summed E-state index contributed by atoms with van der Waals surface area (Å²) in [7, 11) is -1.81. The lowest BCUT2D eigenvalue weighted by molar-refractivity contribution is -0.144. The molecule has 0 saturated carbocycles. The quantitative estimate of drug-likeness (QED) is 0.561. The number of rotatable bonds is 5. The molecule has 0 spiro atoms. The smallest absolute Gasteiger partial charge is 0.315 e. The van der Waals surface area contributed by atoms with E-state index in [1.54, 1.807) is 31.4 Å². The first-order valence-corrected chi connectivity index (χ1v) is 12.0. The lowest BCUT2D eigenvalue weighted by Crippen LogP contribution is -2.52. The average Bonchev–Trinajstić information content (AvgIpc) is 3.26. The van der Waals surface area contributed by atoms with Crippen molar-refractivity contribution in [1.82, 2.24) is 19.6 Å². The van der Waals surface area contributed by atoms with Crippen LogP contribution >= 0.6 is 0 Å². The predicted octanol–water partition coefficient (Wildman–Crippen LogP) is -0.616. The first-order chi connectivity index (χ1) is 15.3. The fourth-order valence-corrected chi connectivity index (χ4v) is 5.40. The molecule has 0 radical (unpaired) electrons. The molecule has 1 aromatic heterocycles. The number of sulfone groups is 1. The Balaban J connectivity index is 1.57. The van der Waals surface area contributed by atoms with E-state index < -0.39 is 21.7 Å². The van der Waals surface area contributed by atoms with Crippen molar-refractivity contribution in [3.05, 3.63) is 35.5 Å². The minimum absolute atomic E-state index is 0.0395. The van der Waals surface area contributed by atoms with Crippen LogP contribution in [0.4, 0.5) is 5.82 Å². The van der Waals surface area contributed by atoms with Gasteiger partial charge in [-0.25, -0.2) is 13.1 Å². The van der Waals surface area contributed by atoms with Gasteiger partial charge in [0.1, 0.15) is 11.6 Å². The number of amides is 2. The van der Waals surface area contributed by atoms with Gasteiger partial charge < -0.3 is 20.1 Å². The van der Waals surface area contributed by atoms with E-state index in [1.807, 2.05) is 4.90 Å². The number of nitrogens with one attached hydrogen (secondary N) is 1. The van der Waals surface area contributed by atoms with Gasteiger partial charge >= 0.3 is 11.8 Å². The standard InChI is InChI=1S/C20H25N5O6S/c1-31-15-4-2-14(3-5-15)25-18(16-12-32(29,30)13-17(16)22-25)21-19(27)20(28)24-8-6-23(7-9-24)10-11-26/h2-5,26H,6-13H2,1H3,(H,21,27). The molecule has 4 rings (SSSR count). The lowest BCUT2D eigenvalue weighted by Gasteiger charge is -2.33. The summed E-state index contributed by atoms with van der Waals surface area (Å²) in [6.45, 7) is 2.44. The predicted molar refractivity (Wildman–Crippen MR) is 115 cm³/mol. The SMILES string of the molecule is COc1ccc(-n2nc3c(c2NC(=O)C(=O)N2CCN(CCO)CC2)CS(=O)(=O)C3)cc1. The maximum atomic E-state index is 12.8. The summed E-state index contributed by atoms with van der Waals surface area (Å²) in [4.78, 5) is 29.0. The molecule has 1 aromatic carbocycles. The van der Waals surface area contributed by atoms with E-state index in [-0.39, 0.29) is 23.9 Å². The van der Waals surface area contributed by atoms with Crippen molar-refractivity contribution in [3.63, 3.8) is 0 Å². The van der Waals surface area contributed by atoms with Crippen molar-refractivity contribution in [2.75, 3.05) is 51.8 Å². The van der Waals surface area contributed by atoms with Crippen molar-refractivity contribution in [3.8, 4) is 11.4 Å². The van der Waals surface area contributed by atoms with Crippen LogP contribution in [0.1, 0.15) is 11.3 Å². The normalized spacial score (nSPS) is 17.8. The zero-order valence-corrected chi connectivity index (χ0v) is 18.5. The van der Waals surface area contributed by atoms with Gasteiger partial charge in [-0.05, 0) is 24.3 Å². The van der Waals surface area contributed by atoms with Gasteiger partial charge in [0.25, 0.3) is 0 Å². The Hall–Kier alpha value is -2.96. The fourth-order valence-electron chi connectivity index (χ4n) is 3.90. The number of piperazine rings is 1. The molecule has 3 heterocycles. The molecule has 0 bridgehead atoms. The Labute approximate surface area is 185 Å². The third-order valence-corrected chi connectivity index (χ3v) is 7.05. The first kappa shape index (κ1) is 22.2. The molecule has 0 atom stereocenters. The lowest BCUT2D eigenvalue weighted by atomic mass is 10.2. The molecule has 1 fully saturated rings. The van der Waals surface area contributed by atoms with Crippen molar-refractivity contribution < 1.29 is 27.9 Å². The minimum atomic E-state index is -3.35. The summed E-state index contributed by atoms with van der Waals surface area (Å²) in [5.41, 5.74) is 1.36. The number of carbonyl (C=O) groups excluding carboxylic acids is 2. The van der Waals surface area contributed by atoms with Gasteiger partial charge in [-0.15, -0.1) is 0 Å². The number of ether oxygens (including phenoxy) is 1. The van der Waals surface area contributed by atoms with Crippen LogP contribution in [0.3, 0.4) is 0 Å². The molecule has 2 aliphatic rings. The second kappa shape index (κ2) is 8.88. The first-order valence-electron chi connectivity index (χ1n) is 10.2. The second-order valence-electron chi connectivity index (χ2n) is 7.73. The van der Waals surface area contributed by atoms with Gasteiger partial charge in [-0.1, -0.05) is 0 Å². The third kappa shape index (κ3) is 4.47. The van der Waals surface area contributed by atoms with E-state index in [1.165, 1.54) is 9.58 Å². The summed E-state index contributed by atoms with van der Waals surface area (Å²) < 4.78 is 30.8. The molecule has 0 unspecified atom stereocenters. The van der Waals surface area contributed by atoms with E-state index in [0.717, 1.165) is 0 Å². The number of hydrogen-bond acceptors (Lipinski definition) is 8. The van der Waals surface area contributed by atoms with Crippen LogP contribution in [0.15, 0.2) is 24.3 Å². The monoisotopic (exact) mass is 463 g/mol. The molecule has 32 heavy (non-hydrogen) atoms. The Morgan fingerprint density at radius 2 is 1.81 bits per heavy atom. The number of β-amino-alcohol motifs (C(OH)–C–C–N with tert-alkyl or cyclic N) is 1. The Kier molecular flexibility index (Phi) is 6.17. The van der Waals surface area contributed by atoms with Crippen LogP contribution in [0.25, 0.3) is 5.69 Å². The van der Waals surface area contributed by atoms with Crippen LogP contribution in [0.5, 0.6) is 5.75 Å². The number of nitrogens with zero attached hydrogens (tertiary/aromatic N) is 4. The molecule has 2 aromatic rings. The highest BCUT2D eigenvalue weighted by Crippen LogP contribution is 2.33. The molecular formula is C20H25N5O6S.